The first-order chi connectivity index (χ1) is 8.84. The van der Waals surface area contributed by atoms with Gasteiger partial charge in [0.15, 0.2) is 0 Å². The molecular weight excluding hydrogens is 262 g/mol. The quantitative estimate of drug-likeness (QED) is 0.491. The zero-order chi connectivity index (χ0) is 13.1. The first kappa shape index (κ1) is 18.7. The standard InChI is InChI=1S/C15H29NO2.ClH/c1-2-3-4-5-6-7-8-9-13-18-15(17)14-11-10-12-16-14;/h14,16H,2-13H2,1H3;1H. The van der Waals surface area contributed by atoms with Crippen molar-refractivity contribution in [3.8, 4) is 0 Å². The molecule has 0 aromatic rings. The highest BCUT2D eigenvalue weighted by atomic mass is 35.5. The van der Waals surface area contributed by atoms with E-state index in [0.717, 1.165) is 25.8 Å². The Hall–Kier alpha value is -0.280. The van der Waals surface area contributed by atoms with Crippen molar-refractivity contribution in [3.05, 3.63) is 0 Å². The SMILES string of the molecule is CCCCCCCCCCOC(=O)C1CCCN1.Cl. The molecule has 1 atom stereocenters. The summed E-state index contributed by atoms with van der Waals surface area (Å²) in [5.74, 6) is -0.0459. The van der Waals surface area contributed by atoms with Crippen molar-refractivity contribution in [2.45, 2.75) is 77.2 Å². The summed E-state index contributed by atoms with van der Waals surface area (Å²) in [6, 6.07) is -0.0287. The third-order valence-corrected chi connectivity index (χ3v) is 3.59. The molecule has 1 fully saturated rings. The Morgan fingerprint density at radius 1 is 1.11 bits per heavy atom. The third-order valence-electron chi connectivity index (χ3n) is 3.59. The largest absolute Gasteiger partial charge is 0.465 e. The van der Waals surface area contributed by atoms with Gasteiger partial charge in [-0.05, 0) is 25.8 Å². The van der Waals surface area contributed by atoms with Crippen LogP contribution in [0.15, 0.2) is 0 Å². The number of unbranched alkanes of at least 4 members (excludes halogenated alkanes) is 7. The highest BCUT2D eigenvalue weighted by Crippen LogP contribution is 2.09. The van der Waals surface area contributed by atoms with Crippen LogP contribution in [0.5, 0.6) is 0 Å². The number of carbonyl (C=O) groups excluding carboxylic acids is 1. The molecule has 114 valence electrons. The van der Waals surface area contributed by atoms with Crippen LogP contribution < -0.4 is 5.32 Å². The van der Waals surface area contributed by atoms with Crippen LogP contribution >= 0.6 is 12.4 Å². The summed E-state index contributed by atoms with van der Waals surface area (Å²) in [6.07, 6.45) is 12.3. The Balaban J connectivity index is 0.00000324. The second kappa shape index (κ2) is 12.7. The van der Waals surface area contributed by atoms with Crippen molar-refractivity contribution in [2.24, 2.45) is 0 Å². The fourth-order valence-corrected chi connectivity index (χ4v) is 2.40. The summed E-state index contributed by atoms with van der Waals surface area (Å²) in [6.45, 7) is 3.80. The molecular formula is C15H30ClNO2. The summed E-state index contributed by atoms with van der Waals surface area (Å²) in [4.78, 5) is 11.6. The average molecular weight is 292 g/mol. The topological polar surface area (TPSA) is 38.3 Å². The van der Waals surface area contributed by atoms with E-state index < -0.39 is 0 Å². The van der Waals surface area contributed by atoms with Crippen molar-refractivity contribution in [3.63, 3.8) is 0 Å². The molecule has 0 saturated carbocycles. The number of nitrogens with one attached hydrogen (secondary N) is 1. The molecule has 1 N–H and O–H groups in total. The molecule has 3 nitrogen and oxygen atoms in total. The number of ether oxygens (including phenoxy) is 1. The van der Waals surface area contributed by atoms with E-state index in [1.807, 2.05) is 0 Å². The van der Waals surface area contributed by atoms with Crippen molar-refractivity contribution in [2.75, 3.05) is 13.2 Å². The molecule has 1 aliphatic rings. The van der Waals surface area contributed by atoms with E-state index in [1.165, 1.54) is 44.9 Å². The number of esters is 1. The Morgan fingerprint density at radius 3 is 2.32 bits per heavy atom. The molecule has 0 aromatic carbocycles. The van der Waals surface area contributed by atoms with E-state index in [4.69, 9.17) is 4.74 Å². The molecule has 1 saturated heterocycles. The molecule has 0 spiro atoms. The summed E-state index contributed by atoms with van der Waals surface area (Å²) in [5, 5.41) is 3.16. The second-order valence-electron chi connectivity index (χ2n) is 5.29. The van der Waals surface area contributed by atoms with Crippen LogP contribution in [0.1, 0.15) is 71.1 Å². The minimum Gasteiger partial charge on any atom is -0.465 e. The maximum Gasteiger partial charge on any atom is 0.323 e. The van der Waals surface area contributed by atoms with Crippen LogP contribution in [0.2, 0.25) is 0 Å². The van der Waals surface area contributed by atoms with Gasteiger partial charge in [-0.3, -0.25) is 4.79 Å². The minimum atomic E-state index is -0.0459. The van der Waals surface area contributed by atoms with Gasteiger partial charge in [-0.25, -0.2) is 0 Å². The molecule has 1 aliphatic heterocycles. The second-order valence-corrected chi connectivity index (χ2v) is 5.29. The lowest BCUT2D eigenvalue weighted by atomic mass is 10.1. The number of hydrogen-bond acceptors (Lipinski definition) is 3. The normalized spacial score (nSPS) is 18.1. The predicted molar refractivity (Wildman–Crippen MR) is 81.8 cm³/mol. The smallest absolute Gasteiger partial charge is 0.323 e. The van der Waals surface area contributed by atoms with Crippen LogP contribution in [-0.4, -0.2) is 25.2 Å². The molecule has 19 heavy (non-hydrogen) atoms. The minimum absolute atomic E-state index is 0. The Labute approximate surface area is 124 Å². The maximum absolute atomic E-state index is 11.6. The average Bonchev–Trinajstić information content (AvgIpc) is 2.90. The van der Waals surface area contributed by atoms with Crippen LogP contribution in [0, 0.1) is 0 Å². The molecule has 1 heterocycles. The maximum atomic E-state index is 11.6. The van der Waals surface area contributed by atoms with Crippen LogP contribution in [0.4, 0.5) is 0 Å². The molecule has 1 unspecified atom stereocenters. The van der Waals surface area contributed by atoms with Gasteiger partial charge < -0.3 is 10.1 Å². The lowest BCUT2D eigenvalue weighted by molar-refractivity contribution is -0.145. The summed E-state index contributed by atoms with van der Waals surface area (Å²) in [5.41, 5.74) is 0. The highest BCUT2D eigenvalue weighted by molar-refractivity contribution is 5.85. The molecule has 4 heteroatoms. The van der Waals surface area contributed by atoms with Crippen molar-refractivity contribution in [1.29, 1.82) is 0 Å². The van der Waals surface area contributed by atoms with Gasteiger partial charge in [0.05, 0.1) is 6.61 Å². The zero-order valence-corrected chi connectivity index (χ0v) is 13.1. The molecule has 0 radical (unpaired) electrons. The summed E-state index contributed by atoms with van der Waals surface area (Å²) < 4.78 is 5.27. The van der Waals surface area contributed by atoms with Crippen molar-refractivity contribution >= 4 is 18.4 Å². The van der Waals surface area contributed by atoms with E-state index in [9.17, 15) is 4.79 Å². The molecule has 0 aliphatic carbocycles. The van der Waals surface area contributed by atoms with Gasteiger partial charge in [0.25, 0.3) is 0 Å². The Kier molecular flexibility index (Phi) is 12.6. The highest BCUT2D eigenvalue weighted by Gasteiger charge is 2.22. The molecule has 0 bridgehead atoms. The van der Waals surface area contributed by atoms with Crippen molar-refractivity contribution in [1.82, 2.24) is 5.32 Å². The van der Waals surface area contributed by atoms with Gasteiger partial charge in [0, 0.05) is 0 Å². The van der Waals surface area contributed by atoms with Gasteiger partial charge in [0.2, 0.25) is 0 Å². The number of rotatable bonds is 10. The molecule has 1 rings (SSSR count). The lowest BCUT2D eigenvalue weighted by Crippen LogP contribution is -2.32. The molecule has 0 amide bonds. The molecule has 0 aromatic heterocycles. The van der Waals surface area contributed by atoms with Gasteiger partial charge in [-0.15, -0.1) is 12.4 Å². The van der Waals surface area contributed by atoms with Gasteiger partial charge in [-0.1, -0.05) is 51.9 Å². The fourth-order valence-electron chi connectivity index (χ4n) is 2.40. The van der Waals surface area contributed by atoms with E-state index in [2.05, 4.69) is 12.2 Å². The van der Waals surface area contributed by atoms with Crippen molar-refractivity contribution < 1.29 is 9.53 Å². The third kappa shape index (κ3) is 9.28. The van der Waals surface area contributed by atoms with Crippen LogP contribution in [0.3, 0.4) is 0 Å². The number of carbonyl (C=O) groups is 1. The zero-order valence-electron chi connectivity index (χ0n) is 12.3. The first-order valence-corrected chi connectivity index (χ1v) is 7.74. The van der Waals surface area contributed by atoms with Gasteiger partial charge >= 0.3 is 5.97 Å². The Bertz CT molecular complexity index is 218. The predicted octanol–water partition coefficient (Wildman–Crippen LogP) is 3.84. The summed E-state index contributed by atoms with van der Waals surface area (Å²) in [7, 11) is 0. The van der Waals surface area contributed by atoms with E-state index in [-0.39, 0.29) is 24.4 Å². The number of hydrogen-bond donors (Lipinski definition) is 1. The summed E-state index contributed by atoms with van der Waals surface area (Å²) >= 11 is 0. The Morgan fingerprint density at radius 2 is 1.74 bits per heavy atom. The lowest BCUT2D eigenvalue weighted by Gasteiger charge is -2.10. The van der Waals surface area contributed by atoms with E-state index in [0.29, 0.717) is 6.61 Å². The van der Waals surface area contributed by atoms with Crippen LogP contribution in [0.25, 0.3) is 0 Å². The fraction of sp³-hybridized carbons (Fsp3) is 0.933. The first-order valence-electron chi connectivity index (χ1n) is 7.74. The van der Waals surface area contributed by atoms with Crippen LogP contribution in [-0.2, 0) is 9.53 Å². The van der Waals surface area contributed by atoms with E-state index in [1.54, 1.807) is 0 Å². The monoisotopic (exact) mass is 291 g/mol. The van der Waals surface area contributed by atoms with Gasteiger partial charge in [-0.2, -0.15) is 0 Å². The van der Waals surface area contributed by atoms with Gasteiger partial charge in [0.1, 0.15) is 6.04 Å². The number of halogens is 1. The van der Waals surface area contributed by atoms with E-state index >= 15 is 0 Å².